The van der Waals surface area contributed by atoms with Gasteiger partial charge in [-0.15, -0.1) is 0 Å². The highest BCUT2D eigenvalue weighted by atomic mass is 16.6. The molecule has 1 aromatic heterocycles. The Bertz CT molecular complexity index is 388. The van der Waals surface area contributed by atoms with Crippen molar-refractivity contribution in [3.63, 3.8) is 0 Å². The Morgan fingerprint density at radius 2 is 2.33 bits per heavy atom. The van der Waals surface area contributed by atoms with E-state index in [1.54, 1.807) is 12.1 Å². The molecule has 80 valence electrons. The van der Waals surface area contributed by atoms with Gasteiger partial charge >= 0.3 is 0 Å². The van der Waals surface area contributed by atoms with Crippen molar-refractivity contribution in [2.75, 3.05) is 11.9 Å². The standard InChI is InChI=1S/C10H13N3O2/c1-2-11-9-6-5-8(13(14)15)10(12-9)7-3-4-7/h5-7H,2-4H2,1H3,(H,11,12). The molecule has 0 unspecified atom stereocenters. The van der Waals surface area contributed by atoms with Gasteiger partial charge in [-0.3, -0.25) is 10.1 Å². The van der Waals surface area contributed by atoms with Crippen molar-refractivity contribution in [1.29, 1.82) is 0 Å². The van der Waals surface area contributed by atoms with Crippen LogP contribution in [0.1, 0.15) is 31.4 Å². The monoisotopic (exact) mass is 207 g/mol. The molecule has 0 radical (unpaired) electrons. The second-order valence-electron chi connectivity index (χ2n) is 3.66. The number of nitrogens with zero attached hydrogens (tertiary/aromatic N) is 2. The van der Waals surface area contributed by atoms with Gasteiger partial charge in [0.05, 0.1) is 4.92 Å². The minimum Gasteiger partial charge on any atom is -0.370 e. The maximum absolute atomic E-state index is 10.8. The summed E-state index contributed by atoms with van der Waals surface area (Å²) in [6, 6.07) is 3.20. The van der Waals surface area contributed by atoms with Crippen LogP contribution in [-0.2, 0) is 0 Å². The van der Waals surface area contributed by atoms with E-state index in [2.05, 4.69) is 10.3 Å². The van der Waals surface area contributed by atoms with Gasteiger partial charge < -0.3 is 5.32 Å². The van der Waals surface area contributed by atoms with Gasteiger partial charge in [0, 0.05) is 18.5 Å². The molecule has 1 aliphatic rings. The third-order valence-electron chi connectivity index (χ3n) is 2.42. The number of anilines is 1. The first-order valence-electron chi connectivity index (χ1n) is 5.11. The van der Waals surface area contributed by atoms with Crippen molar-refractivity contribution >= 4 is 11.5 Å². The lowest BCUT2D eigenvalue weighted by molar-refractivity contribution is -0.385. The summed E-state index contributed by atoms with van der Waals surface area (Å²) in [4.78, 5) is 14.7. The molecule has 5 nitrogen and oxygen atoms in total. The van der Waals surface area contributed by atoms with Crippen LogP contribution in [0.15, 0.2) is 12.1 Å². The van der Waals surface area contributed by atoms with E-state index >= 15 is 0 Å². The summed E-state index contributed by atoms with van der Waals surface area (Å²) in [5, 5.41) is 13.8. The molecule has 1 N–H and O–H groups in total. The lowest BCUT2D eigenvalue weighted by Crippen LogP contribution is -2.03. The van der Waals surface area contributed by atoms with Gasteiger partial charge in [-0.05, 0) is 25.8 Å². The molecule has 2 rings (SSSR count). The van der Waals surface area contributed by atoms with Gasteiger partial charge in [0.1, 0.15) is 11.5 Å². The highest BCUT2D eigenvalue weighted by Crippen LogP contribution is 2.43. The number of aromatic nitrogens is 1. The van der Waals surface area contributed by atoms with Crippen LogP contribution in [0.5, 0.6) is 0 Å². The van der Waals surface area contributed by atoms with E-state index in [-0.39, 0.29) is 10.6 Å². The molecule has 0 aromatic carbocycles. The van der Waals surface area contributed by atoms with Crippen LogP contribution in [0.2, 0.25) is 0 Å². The highest BCUT2D eigenvalue weighted by Gasteiger charge is 2.32. The number of nitro groups is 1. The largest absolute Gasteiger partial charge is 0.370 e. The van der Waals surface area contributed by atoms with Gasteiger partial charge in [0.15, 0.2) is 0 Å². The van der Waals surface area contributed by atoms with Crippen LogP contribution in [0.4, 0.5) is 11.5 Å². The summed E-state index contributed by atoms with van der Waals surface area (Å²) in [6.07, 6.45) is 2.03. The molecule has 5 heteroatoms. The molecule has 0 amide bonds. The average Bonchev–Trinajstić information content (AvgIpc) is 3.01. The van der Waals surface area contributed by atoms with E-state index in [9.17, 15) is 10.1 Å². The Labute approximate surface area is 87.7 Å². The third kappa shape index (κ3) is 2.06. The predicted molar refractivity (Wildman–Crippen MR) is 57.0 cm³/mol. The lowest BCUT2D eigenvalue weighted by atomic mass is 10.2. The zero-order chi connectivity index (χ0) is 10.8. The van der Waals surface area contributed by atoms with Crippen molar-refractivity contribution in [3.8, 4) is 0 Å². The Morgan fingerprint density at radius 1 is 1.60 bits per heavy atom. The molecule has 1 heterocycles. The molecular formula is C10H13N3O2. The molecule has 15 heavy (non-hydrogen) atoms. The van der Waals surface area contributed by atoms with E-state index < -0.39 is 0 Å². The van der Waals surface area contributed by atoms with Crippen LogP contribution < -0.4 is 5.32 Å². The second kappa shape index (κ2) is 3.84. The van der Waals surface area contributed by atoms with Gasteiger partial charge in [-0.25, -0.2) is 4.98 Å². The Balaban J connectivity index is 2.35. The van der Waals surface area contributed by atoms with Crippen molar-refractivity contribution in [1.82, 2.24) is 4.98 Å². The average molecular weight is 207 g/mol. The minimum absolute atomic E-state index is 0.152. The lowest BCUT2D eigenvalue weighted by Gasteiger charge is -2.05. The third-order valence-corrected chi connectivity index (χ3v) is 2.42. The van der Waals surface area contributed by atoms with Crippen LogP contribution >= 0.6 is 0 Å². The number of pyridine rings is 1. The van der Waals surface area contributed by atoms with E-state index in [0.717, 1.165) is 25.2 Å². The molecule has 0 atom stereocenters. The fourth-order valence-corrected chi connectivity index (χ4v) is 1.56. The first kappa shape index (κ1) is 9.89. The van der Waals surface area contributed by atoms with Crippen LogP contribution in [-0.4, -0.2) is 16.5 Å². The summed E-state index contributed by atoms with van der Waals surface area (Å²) in [5.41, 5.74) is 0.789. The summed E-state index contributed by atoms with van der Waals surface area (Å²) in [7, 11) is 0. The molecule has 0 spiro atoms. The van der Waals surface area contributed by atoms with Crippen molar-refractivity contribution in [2.45, 2.75) is 25.7 Å². The number of hydrogen-bond acceptors (Lipinski definition) is 4. The van der Waals surface area contributed by atoms with Crippen LogP contribution in [0, 0.1) is 10.1 Å². The molecular weight excluding hydrogens is 194 g/mol. The molecule has 1 saturated carbocycles. The van der Waals surface area contributed by atoms with Crippen molar-refractivity contribution < 1.29 is 4.92 Å². The zero-order valence-electron chi connectivity index (χ0n) is 8.56. The van der Waals surface area contributed by atoms with Crippen molar-refractivity contribution in [2.24, 2.45) is 0 Å². The number of rotatable bonds is 4. The van der Waals surface area contributed by atoms with Crippen LogP contribution in [0.25, 0.3) is 0 Å². The fraction of sp³-hybridized carbons (Fsp3) is 0.500. The molecule has 1 aromatic rings. The molecule has 1 fully saturated rings. The van der Waals surface area contributed by atoms with E-state index in [4.69, 9.17) is 0 Å². The van der Waals surface area contributed by atoms with Gasteiger partial charge in [-0.1, -0.05) is 0 Å². The quantitative estimate of drug-likeness (QED) is 0.607. The maximum Gasteiger partial charge on any atom is 0.291 e. The first-order chi connectivity index (χ1) is 7.22. The Hall–Kier alpha value is -1.65. The molecule has 0 bridgehead atoms. The maximum atomic E-state index is 10.8. The van der Waals surface area contributed by atoms with Crippen LogP contribution in [0.3, 0.4) is 0 Å². The van der Waals surface area contributed by atoms with E-state index in [0.29, 0.717) is 11.6 Å². The van der Waals surface area contributed by atoms with E-state index in [1.165, 1.54) is 0 Å². The second-order valence-corrected chi connectivity index (χ2v) is 3.66. The summed E-state index contributed by atoms with van der Waals surface area (Å²) in [5.74, 6) is 1.02. The molecule has 0 aliphatic heterocycles. The molecule has 1 aliphatic carbocycles. The predicted octanol–water partition coefficient (Wildman–Crippen LogP) is 2.30. The summed E-state index contributed by atoms with van der Waals surface area (Å²) in [6.45, 7) is 2.74. The van der Waals surface area contributed by atoms with Gasteiger partial charge in [0.2, 0.25) is 0 Å². The van der Waals surface area contributed by atoms with Gasteiger partial charge in [0.25, 0.3) is 5.69 Å². The SMILES string of the molecule is CCNc1ccc([N+](=O)[O-])c(C2CC2)n1. The topological polar surface area (TPSA) is 68.1 Å². The molecule has 0 saturated heterocycles. The fourth-order valence-electron chi connectivity index (χ4n) is 1.56. The number of hydrogen-bond donors (Lipinski definition) is 1. The van der Waals surface area contributed by atoms with Gasteiger partial charge in [-0.2, -0.15) is 0 Å². The summed E-state index contributed by atoms with van der Waals surface area (Å²) < 4.78 is 0. The first-order valence-corrected chi connectivity index (χ1v) is 5.11. The summed E-state index contributed by atoms with van der Waals surface area (Å²) >= 11 is 0. The zero-order valence-corrected chi connectivity index (χ0v) is 8.56. The van der Waals surface area contributed by atoms with Crippen molar-refractivity contribution in [3.05, 3.63) is 27.9 Å². The Morgan fingerprint density at radius 3 is 2.87 bits per heavy atom. The smallest absolute Gasteiger partial charge is 0.291 e. The number of nitrogens with one attached hydrogen (secondary N) is 1. The Kier molecular flexibility index (Phi) is 2.53. The highest BCUT2D eigenvalue weighted by molar-refractivity contribution is 5.47. The van der Waals surface area contributed by atoms with E-state index in [1.807, 2.05) is 6.92 Å². The minimum atomic E-state index is -0.351. The normalized spacial score (nSPS) is 15.0.